The van der Waals surface area contributed by atoms with Crippen LogP contribution in [-0.4, -0.2) is 47.1 Å². The van der Waals surface area contributed by atoms with E-state index in [2.05, 4.69) is 64.3 Å². The Hall–Kier alpha value is -2.74. The molecule has 168 valence electrons. The second-order valence-electron chi connectivity index (χ2n) is 8.64. The van der Waals surface area contributed by atoms with E-state index in [4.69, 9.17) is 14.2 Å². The molecule has 0 bridgehead atoms. The molecule has 0 amide bonds. The van der Waals surface area contributed by atoms with Gasteiger partial charge in [-0.25, -0.2) is 4.98 Å². The van der Waals surface area contributed by atoms with Crippen molar-refractivity contribution in [1.82, 2.24) is 15.1 Å². The number of piperidine rings is 1. The van der Waals surface area contributed by atoms with E-state index in [0.717, 1.165) is 56.3 Å². The third-order valence-corrected chi connectivity index (χ3v) is 6.87. The van der Waals surface area contributed by atoms with Crippen molar-refractivity contribution < 1.29 is 9.26 Å². The zero-order chi connectivity index (χ0) is 22.1. The second kappa shape index (κ2) is 9.02. The van der Waals surface area contributed by atoms with E-state index in [1.807, 2.05) is 12.3 Å². The molecule has 0 N–H and O–H groups in total. The highest BCUT2D eigenvalue weighted by Gasteiger charge is 2.25. The number of fused-ring (bicyclic) bond motifs is 1. The Kier molecular flexibility index (Phi) is 5.95. The van der Waals surface area contributed by atoms with Crippen LogP contribution in [0.5, 0.6) is 5.75 Å². The van der Waals surface area contributed by atoms with Gasteiger partial charge in [0.15, 0.2) is 5.82 Å². The predicted molar refractivity (Wildman–Crippen MR) is 127 cm³/mol. The van der Waals surface area contributed by atoms with E-state index >= 15 is 0 Å². The highest BCUT2D eigenvalue weighted by Crippen LogP contribution is 2.36. The quantitative estimate of drug-likeness (QED) is 0.482. The molecule has 5 rings (SSSR count). The van der Waals surface area contributed by atoms with Gasteiger partial charge in [0.2, 0.25) is 0 Å². The summed E-state index contributed by atoms with van der Waals surface area (Å²) in [6.07, 6.45) is 7.02. The van der Waals surface area contributed by atoms with Gasteiger partial charge in [-0.05, 0) is 48.6 Å². The van der Waals surface area contributed by atoms with Crippen LogP contribution >= 0.6 is 11.8 Å². The van der Waals surface area contributed by atoms with Crippen LogP contribution in [-0.2, 0) is 6.42 Å². The minimum Gasteiger partial charge on any atom is -0.489 e. The molecule has 4 heterocycles. The lowest BCUT2D eigenvalue weighted by atomic mass is 10.1. The maximum atomic E-state index is 6.22. The summed E-state index contributed by atoms with van der Waals surface area (Å²) in [5.74, 6) is 2.82. The number of benzene rings is 1. The third-order valence-electron chi connectivity index (χ3n) is 6.14. The summed E-state index contributed by atoms with van der Waals surface area (Å²) in [5.41, 5.74) is 2.66. The Morgan fingerprint density at radius 3 is 2.66 bits per heavy atom. The number of rotatable bonds is 6. The fourth-order valence-electron chi connectivity index (χ4n) is 4.29. The highest BCUT2D eigenvalue weighted by atomic mass is 32.2. The first kappa shape index (κ1) is 21.1. The smallest absolute Gasteiger partial charge is 0.324 e. The van der Waals surface area contributed by atoms with Crippen molar-refractivity contribution in [2.45, 2.75) is 50.0 Å². The van der Waals surface area contributed by atoms with Gasteiger partial charge in [-0.3, -0.25) is 0 Å². The molecule has 3 aromatic rings. The first-order valence-corrected chi connectivity index (χ1v) is 12.5. The lowest BCUT2D eigenvalue weighted by molar-refractivity contribution is 0.168. The van der Waals surface area contributed by atoms with Crippen LogP contribution in [0, 0.1) is 0 Å². The number of thioether (sulfide) groups is 1. The maximum Gasteiger partial charge on any atom is 0.324 e. The summed E-state index contributed by atoms with van der Waals surface area (Å²) in [6.45, 7) is 6.79. The van der Waals surface area contributed by atoms with Gasteiger partial charge in [0.05, 0.1) is 6.20 Å². The van der Waals surface area contributed by atoms with Crippen LogP contribution in [0.1, 0.15) is 44.0 Å². The summed E-state index contributed by atoms with van der Waals surface area (Å²) in [4.78, 5) is 15.0. The minimum atomic E-state index is 0.170. The monoisotopic (exact) mass is 451 g/mol. The SMILES string of the molecule is CSc1ccc2c(c1)CCN2c1ccc(OC2CCN(c3nc(C(C)C)no3)CC2)cn1. The largest absolute Gasteiger partial charge is 0.489 e. The highest BCUT2D eigenvalue weighted by molar-refractivity contribution is 7.98. The van der Waals surface area contributed by atoms with Gasteiger partial charge in [0.1, 0.15) is 17.7 Å². The Balaban J connectivity index is 1.18. The van der Waals surface area contributed by atoms with Gasteiger partial charge in [0.25, 0.3) is 0 Å². The van der Waals surface area contributed by atoms with E-state index in [9.17, 15) is 0 Å². The Labute approximate surface area is 193 Å². The Morgan fingerprint density at radius 2 is 1.97 bits per heavy atom. The summed E-state index contributed by atoms with van der Waals surface area (Å²) in [7, 11) is 0. The third kappa shape index (κ3) is 4.28. The molecule has 1 fully saturated rings. The second-order valence-corrected chi connectivity index (χ2v) is 9.52. The van der Waals surface area contributed by atoms with E-state index in [1.165, 1.54) is 16.1 Å². The zero-order valence-electron chi connectivity index (χ0n) is 18.8. The molecule has 0 radical (unpaired) electrons. The number of aromatic nitrogens is 3. The average Bonchev–Trinajstić information content (AvgIpc) is 3.47. The molecule has 0 atom stereocenters. The number of pyridine rings is 1. The van der Waals surface area contributed by atoms with E-state index in [0.29, 0.717) is 6.01 Å². The Morgan fingerprint density at radius 1 is 1.12 bits per heavy atom. The minimum absolute atomic E-state index is 0.170. The molecule has 2 aliphatic heterocycles. The molecule has 0 saturated carbocycles. The van der Waals surface area contributed by atoms with Gasteiger partial charge >= 0.3 is 6.01 Å². The summed E-state index contributed by atoms with van der Waals surface area (Å²) < 4.78 is 11.7. The average molecular weight is 452 g/mol. The summed E-state index contributed by atoms with van der Waals surface area (Å²) in [5, 5.41) is 4.07. The van der Waals surface area contributed by atoms with E-state index in [-0.39, 0.29) is 12.0 Å². The molecule has 0 aliphatic carbocycles. The van der Waals surface area contributed by atoms with Crippen molar-refractivity contribution in [2.75, 3.05) is 35.7 Å². The first-order chi connectivity index (χ1) is 15.6. The molecular weight excluding hydrogens is 422 g/mol. The topological polar surface area (TPSA) is 67.5 Å². The van der Waals surface area contributed by atoms with Crippen molar-refractivity contribution in [3.05, 3.63) is 47.9 Å². The molecule has 1 saturated heterocycles. The van der Waals surface area contributed by atoms with E-state index < -0.39 is 0 Å². The van der Waals surface area contributed by atoms with Crippen molar-refractivity contribution in [1.29, 1.82) is 0 Å². The molecule has 32 heavy (non-hydrogen) atoms. The van der Waals surface area contributed by atoms with Gasteiger partial charge < -0.3 is 19.1 Å². The number of hydrogen-bond acceptors (Lipinski definition) is 8. The lowest BCUT2D eigenvalue weighted by Gasteiger charge is -2.30. The molecule has 7 nitrogen and oxygen atoms in total. The molecule has 0 unspecified atom stereocenters. The number of anilines is 3. The van der Waals surface area contributed by atoms with Crippen LogP contribution in [0.25, 0.3) is 0 Å². The number of hydrogen-bond donors (Lipinski definition) is 0. The molecule has 1 aromatic carbocycles. The van der Waals surface area contributed by atoms with E-state index in [1.54, 1.807) is 11.8 Å². The van der Waals surface area contributed by atoms with Gasteiger partial charge in [-0.2, -0.15) is 4.98 Å². The van der Waals surface area contributed by atoms with Crippen molar-refractivity contribution in [3.63, 3.8) is 0 Å². The van der Waals surface area contributed by atoms with Crippen LogP contribution in [0.15, 0.2) is 45.9 Å². The first-order valence-electron chi connectivity index (χ1n) is 11.3. The van der Waals surface area contributed by atoms with Crippen LogP contribution in [0.4, 0.5) is 17.5 Å². The van der Waals surface area contributed by atoms with Crippen LogP contribution < -0.4 is 14.5 Å². The molecule has 2 aromatic heterocycles. The molecular formula is C24H29N5O2S. The summed E-state index contributed by atoms with van der Waals surface area (Å²) in [6, 6.07) is 11.4. The molecule has 8 heteroatoms. The van der Waals surface area contributed by atoms with Crippen LogP contribution in [0.2, 0.25) is 0 Å². The zero-order valence-corrected chi connectivity index (χ0v) is 19.6. The van der Waals surface area contributed by atoms with Gasteiger partial charge in [-0.15, -0.1) is 11.8 Å². The van der Waals surface area contributed by atoms with Crippen LogP contribution in [0.3, 0.4) is 0 Å². The maximum absolute atomic E-state index is 6.22. The fraction of sp³-hybridized carbons (Fsp3) is 0.458. The van der Waals surface area contributed by atoms with Gasteiger partial charge in [0, 0.05) is 49.0 Å². The standard InChI is InChI=1S/C24H29N5O2S/c1-16(2)23-26-24(31-27-23)28-11-9-18(10-12-28)30-19-4-7-22(25-15-19)29-13-8-17-14-20(32-3)5-6-21(17)29/h4-7,14-16,18H,8-13H2,1-3H3. The normalized spacial score (nSPS) is 16.6. The summed E-state index contributed by atoms with van der Waals surface area (Å²) >= 11 is 1.79. The van der Waals surface area contributed by atoms with Crippen molar-refractivity contribution >= 4 is 29.3 Å². The predicted octanol–water partition coefficient (Wildman–Crippen LogP) is 5.05. The Bertz CT molecular complexity index is 1060. The molecule has 0 spiro atoms. The lowest BCUT2D eigenvalue weighted by Crippen LogP contribution is -2.38. The number of nitrogens with zero attached hydrogens (tertiary/aromatic N) is 5. The van der Waals surface area contributed by atoms with Crippen molar-refractivity contribution in [2.24, 2.45) is 0 Å². The van der Waals surface area contributed by atoms with Crippen molar-refractivity contribution in [3.8, 4) is 5.75 Å². The number of ether oxygens (including phenoxy) is 1. The molecule has 2 aliphatic rings. The fourth-order valence-corrected chi connectivity index (χ4v) is 4.76. The van der Waals surface area contributed by atoms with Gasteiger partial charge in [-0.1, -0.05) is 19.0 Å².